The zero-order valence-electron chi connectivity index (χ0n) is 8.45. The standard InChI is InChI=1S/C12H13O.ClH.Ti/c13-9-12(10-5-1-2-6-10)11-7-3-4-8-11;;/h1-5,7,12H,6,8-9H2;1H;/q-1;;+2/p-1. The molecule has 0 radical (unpaired) electrons. The van der Waals surface area contributed by atoms with Gasteiger partial charge in [0.1, 0.15) is 0 Å². The van der Waals surface area contributed by atoms with Gasteiger partial charge in [0.15, 0.2) is 0 Å². The van der Waals surface area contributed by atoms with Crippen molar-refractivity contribution in [2.45, 2.75) is 12.8 Å². The van der Waals surface area contributed by atoms with Gasteiger partial charge >= 0.3 is 104 Å². The third kappa shape index (κ3) is 2.95. The van der Waals surface area contributed by atoms with Crippen LogP contribution in [0.4, 0.5) is 0 Å². The van der Waals surface area contributed by atoms with Crippen LogP contribution in [0.5, 0.6) is 0 Å². The molecule has 0 atom stereocenters. The Balaban J connectivity index is 2.02. The molecule has 0 fully saturated rings. The fraction of sp³-hybridized carbons (Fsp3) is 0.333. The van der Waals surface area contributed by atoms with E-state index >= 15 is 0 Å². The molecule has 0 aromatic rings. The maximum atomic E-state index is 5.69. The predicted octanol–water partition coefficient (Wildman–Crippen LogP) is 3.54. The molecule has 0 aromatic carbocycles. The van der Waals surface area contributed by atoms with Crippen molar-refractivity contribution >= 4 is 9.30 Å². The van der Waals surface area contributed by atoms with Crippen LogP contribution in [0.25, 0.3) is 0 Å². The third-order valence-electron chi connectivity index (χ3n) is 2.80. The first kappa shape index (κ1) is 11.4. The summed E-state index contributed by atoms with van der Waals surface area (Å²) >= 11 is -0.697. The summed E-state index contributed by atoms with van der Waals surface area (Å²) in [5.41, 5.74) is 2.92. The van der Waals surface area contributed by atoms with Gasteiger partial charge in [0.2, 0.25) is 0 Å². The molecule has 2 aliphatic carbocycles. The van der Waals surface area contributed by atoms with Crippen molar-refractivity contribution in [2.24, 2.45) is 5.92 Å². The van der Waals surface area contributed by atoms with Crippen LogP contribution in [-0.2, 0) is 21.8 Å². The van der Waals surface area contributed by atoms with Crippen LogP contribution in [0.2, 0.25) is 0 Å². The van der Waals surface area contributed by atoms with Crippen molar-refractivity contribution in [3.63, 3.8) is 0 Å². The SMILES string of the molecule is [Cl][Ti][O]CC(C1=CC=CC1)C1=CC=CC1. The van der Waals surface area contributed by atoms with Gasteiger partial charge in [0, 0.05) is 0 Å². The summed E-state index contributed by atoms with van der Waals surface area (Å²) in [5.74, 6) is 0.442. The van der Waals surface area contributed by atoms with Crippen molar-refractivity contribution < 1.29 is 21.8 Å². The Hall–Kier alpha value is -0.0757. The molecule has 0 unspecified atom stereocenters. The van der Waals surface area contributed by atoms with Crippen molar-refractivity contribution in [1.29, 1.82) is 0 Å². The van der Waals surface area contributed by atoms with Crippen LogP contribution in [0.15, 0.2) is 47.6 Å². The van der Waals surface area contributed by atoms with E-state index in [1.807, 2.05) is 0 Å². The third-order valence-corrected chi connectivity index (χ3v) is 3.68. The molecular weight excluding hydrogens is 243 g/mol. The van der Waals surface area contributed by atoms with E-state index in [1.54, 1.807) is 0 Å². The number of hydrogen-bond acceptors (Lipinski definition) is 1. The molecule has 0 bridgehead atoms. The molecule has 78 valence electrons. The van der Waals surface area contributed by atoms with Crippen LogP contribution in [0.1, 0.15) is 12.8 Å². The fourth-order valence-electron chi connectivity index (χ4n) is 2.01. The molecule has 0 aliphatic heterocycles. The molecule has 0 amide bonds. The van der Waals surface area contributed by atoms with E-state index in [2.05, 4.69) is 36.5 Å². The van der Waals surface area contributed by atoms with Gasteiger partial charge in [0.05, 0.1) is 0 Å². The normalized spacial score (nSPS) is 18.5. The topological polar surface area (TPSA) is 9.23 Å². The van der Waals surface area contributed by atoms with Crippen molar-refractivity contribution in [3.05, 3.63) is 47.6 Å². The van der Waals surface area contributed by atoms with Gasteiger partial charge in [-0.25, -0.2) is 0 Å². The summed E-state index contributed by atoms with van der Waals surface area (Å²) in [7, 11) is 5.69. The monoisotopic (exact) mass is 256 g/mol. The molecule has 3 heteroatoms. The van der Waals surface area contributed by atoms with E-state index in [9.17, 15) is 0 Å². The number of halogens is 1. The molecule has 0 saturated carbocycles. The van der Waals surface area contributed by atoms with E-state index < -0.39 is 18.5 Å². The van der Waals surface area contributed by atoms with Gasteiger partial charge in [-0.15, -0.1) is 0 Å². The quantitative estimate of drug-likeness (QED) is 0.684. The average molecular weight is 257 g/mol. The summed E-state index contributed by atoms with van der Waals surface area (Å²) in [5, 5.41) is 0. The Kier molecular flexibility index (Phi) is 4.46. The Bertz CT molecular complexity index is 312. The van der Waals surface area contributed by atoms with Crippen LogP contribution in [0, 0.1) is 5.92 Å². The summed E-state index contributed by atoms with van der Waals surface area (Å²) in [6.07, 6.45) is 15.2. The van der Waals surface area contributed by atoms with Gasteiger partial charge in [0.25, 0.3) is 0 Å². The Morgan fingerprint density at radius 2 is 1.80 bits per heavy atom. The van der Waals surface area contributed by atoms with Crippen molar-refractivity contribution in [1.82, 2.24) is 0 Å². The number of hydrogen-bond donors (Lipinski definition) is 0. The molecule has 2 aliphatic rings. The van der Waals surface area contributed by atoms with Gasteiger partial charge in [-0.1, -0.05) is 0 Å². The molecule has 1 nitrogen and oxygen atoms in total. The van der Waals surface area contributed by atoms with Crippen LogP contribution >= 0.6 is 9.30 Å². The number of rotatable bonds is 5. The second kappa shape index (κ2) is 5.86. The van der Waals surface area contributed by atoms with E-state index in [4.69, 9.17) is 12.6 Å². The van der Waals surface area contributed by atoms with Crippen LogP contribution in [-0.4, -0.2) is 6.61 Å². The molecule has 0 spiro atoms. The number of allylic oxidation sites excluding steroid dienone is 6. The summed E-state index contributed by atoms with van der Waals surface area (Å²) in [6.45, 7) is 0.754. The first-order valence-electron chi connectivity index (χ1n) is 5.10. The zero-order valence-corrected chi connectivity index (χ0v) is 10.8. The maximum absolute atomic E-state index is 5.69. The molecule has 0 heterocycles. The van der Waals surface area contributed by atoms with Gasteiger partial charge in [-0.3, -0.25) is 0 Å². The first-order chi connectivity index (χ1) is 7.42. The Morgan fingerprint density at radius 3 is 2.20 bits per heavy atom. The predicted molar refractivity (Wildman–Crippen MR) is 59.0 cm³/mol. The minimum atomic E-state index is -0.697. The second-order valence-electron chi connectivity index (χ2n) is 3.69. The van der Waals surface area contributed by atoms with E-state index in [1.165, 1.54) is 11.1 Å². The van der Waals surface area contributed by atoms with E-state index in [-0.39, 0.29) is 0 Å². The molecular formula is C12H13ClOTi. The van der Waals surface area contributed by atoms with E-state index in [0.29, 0.717) is 5.92 Å². The Morgan fingerprint density at radius 1 is 1.20 bits per heavy atom. The van der Waals surface area contributed by atoms with E-state index in [0.717, 1.165) is 19.4 Å². The summed E-state index contributed by atoms with van der Waals surface area (Å²) in [6, 6.07) is 0. The molecule has 2 rings (SSSR count). The molecule has 0 saturated heterocycles. The first-order valence-corrected chi connectivity index (χ1v) is 7.89. The van der Waals surface area contributed by atoms with Crippen molar-refractivity contribution in [3.8, 4) is 0 Å². The summed E-state index contributed by atoms with van der Waals surface area (Å²) in [4.78, 5) is 0. The van der Waals surface area contributed by atoms with Gasteiger partial charge in [-0.2, -0.15) is 0 Å². The van der Waals surface area contributed by atoms with Crippen molar-refractivity contribution in [2.75, 3.05) is 6.61 Å². The van der Waals surface area contributed by atoms with Crippen LogP contribution < -0.4 is 0 Å². The van der Waals surface area contributed by atoms with Crippen LogP contribution in [0.3, 0.4) is 0 Å². The summed E-state index contributed by atoms with van der Waals surface area (Å²) < 4.78 is 5.47. The molecule has 0 aromatic heterocycles. The molecule has 0 N–H and O–H groups in total. The Labute approximate surface area is 104 Å². The second-order valence-corrected chi connectivity index (χ2v) is 5.02. The zero-order chi connectivity index (χ0) is 10.5. The van der Waals surface area contributed by atoms with Gasteiger partial charge < -0.3 is 0 Å². The van der Waals surface area contributed by atoms with Gasteiger partial charge in [-0.05, 0) is 0 Å². The fourth-order valence-corrected chi connectivity index (χ4v) is 2.63. The average Bonchev–Trinajstić information content (AvgIpc) is 2.90. The molecule has 15 heavy (non-hydrogen) atoms. The minimum absolute atomic E-state index is 0.442.